The van der Waals surface area contributed by atoms with Crippen LogP contribution in [0, 0.1) is 5.92 Å². The van der Waals surface area contributed by atoms with Crippen LogP contribution < -0.4 is 11.2 Å². The third-order valence-corrected chi connectivity index (χ3v) is 14.0. The van der Waals surface area contributed by atoms with E-state index < -0.39 is 23.4 Å². The predicted molar refractivity (Wildman–Crippen MR) is 241 cm³/mol. The van der Waals surface area contributed by atoms with E-state index in [0.29, 0.717) is 66.1 Å². The number of aryl methyl sites for hydroxylation is 2. The monoisotopic (exact) mass is 879 g/mol. The quantitative estimate of drug-likeness (QED) is 0.0914. The summed E-state index contributed by atoms with van der Waals surface area (Å²) < 4.78 is 10.5. The third kappa shape index (κ3) is 6.60. The molecule has 1 saturated heterocycles. The zero-order chi connectivity index (χ0) is 45.6. The van der Waals surface area contributed by atoms with E-state index in [0.717, 1.165) is 39.4 Å². The Morgan fingerprint density at radius 3 is 2.57 bits per heavy atom. The minimum Gasteiger partial charge on any atom is -0.508 e. The Labute approximate surface area is 372 Å². The van der Waals surface area contributed by atoms with Gasteiger partial charge in [0.15, 0.2) is 11.4 Å². The number of aromatic amines is 1. The molecule has 3 aliphatic rings. The number of likely N-dealkylation sites (tertiary alicyclic amines) is 1. The number of carbonyl (C=O) groups is 2. The predicted octanol–water partition coefficient (Wildman–Crippen LogP) is 7.19. The smallest absolute Gasteiger partial charge is 0.407 e. The van der Waals surface area contributed by atoms with Gasteiger partial charge >= 0.3 is 17.8 Å². The number of fused-ring (bicyclic) bond motifs is 6. The van der Waals surface area contributed by atoms with Crippen LogP contribution in [0.3, 0.4) is 0 Å². The summed E-state index contributed by atoms with van der Waals surface area (Å²) in [6, 6.07) is 17.9. The van der Waals surface area contributed by atoms with Crippen molar-refractivity contribution in [3.8, 4) is 40.0 Å². The minimum atomic E-state index is -1.92. The number of H-pyrrole nitrogens is 1. The van der Waals surface area contributed by atoms with Crippen LogP contribution in [0.5, 0.6) is 11.5 Å². The highest BCUT2D eigenvalue weighted by atomic mass is 16.6. The molecule has 1 fully saturated rings. The minimum absolute atomic E-state index is 0.0335. The fourth-order valence-corrected chi connectivity index (χ4v) is 10.4. The number of rotatable bonds is 9. The number of phenolic OH excluding ortho intramolecular Hbond substituents is 2. The van der Waals surface area contributed by atoms with Crippen LogP contribution in [0.1, 0.15) is 98.7 Å². The maximum atomic E-state index is 13.9. The lowest BCUT2D eigenvalue weighted by Crippen LogP contribution is -2.44. The molecule has 7 heterocycles. The zero-order valence-electron chi connectivity index (χ0n) is 36.5. The number of esters is 1. The molecule has 3 aliphatic heterocycles. The van der Waals surface area contributed by atoms with E-state index >= 15 is 0 Å². The molecule has 2 unspecified atom stereocenters. The van der Waals surface area contributed by atoms with Crippen LogP contribution >= 0.6 is 0 Å². The number of cyclic esters (lactones) is 1. The van der Waals surface area contributed by atoms with E-state index in [2.05, 4.69) is 20.8 Å². The van der Waals surface area contributed by atoms with Crippen LogP contribution in [0.4, 0.5) is 4.79 Å². The highest BCUT2D eigenvalue weighted by Gasteiger charge is 2.45. The molecule has 3 aromatic carbocycles. The molecule has 0 bridgehead atoms. The van der Waals surface area contributed by atoms with Crippen LogP contribution in [-0.4, -0.2) is 72.8 Å². The number of aliphatic hydroxyl groups is 1. The maximum absolute atomic E-state index is 13.9. The van der Waals surface area contributed by atoms with Crippen molar-refractivity contribution in [1.82, 2.24) is 33.8 Å². The number of piperidine rings is 1. The molecule has 65 heavy (non-hydrogen) atoms. The highest BCUT2D eigenvalue weighted by Crippen LogP contribution is 2.43. The number of ether oxygens (including phenoxy) is 1. The third-order valence-electron chi connectivity index (χ3n) is 14.0. The first-order chi connectivity index (χ1) is 31.2. The molecule has 0 radical (unpaired) electrons. The normalized spacial score (nSPS) is 19.2. The van der Waals surface area contributed by atoms with Gasteiger partial charge in [-0.25, -0.2) is 29.0 Å². The number of hydrogen-bond acceptors (Lipinski definition) is 10. The Kier molecular flexibility index (Phi) is 9.97. The van der Waals surface area contributed by atoms with Crippen LogP contribution in [0.2, 0.25) is 0 Å². The molecule has 7 aromatic rings. The van der Waals surface area contributed by atoms with Gasteiger partial charge in [0.25, 0.3) is 5.56 Å². The fraction of sp³-hybridized carbons (Fsp3) is 0.347. The summed E-state index contributed by atoms with van der Waals surface area (Å²) >= 11 is 0. The van der Waals surface area contributed by atoms with E-state index in [1.54, 1.807) is 23.6 Å². The van der Waals surface area contributed by atoms with Crippen molar-refractivity contribution >= 4 is 33.9 Å². The Hall–Kier alpha value is -7.20. The molecule has 10 rings (SSSR count). The van der Waals surface area contributed by atoms with E-state index in [1.807, 2.05) is 63.4 Å². The van der Waals surface area contributed by atoms with Crippen molar-refractivity contribution in [3.63, 3.8) is 0 Å². The molecule has 0 saturated carbocycles. The SMILES string of the molecule is CCc1c2c(nc3ccc([C@@H]4CC(CCn5ccc6cc(-n7c(-c8cc(C(C)C)c(O)cc8O)n[nH]c7=O)ccc65)CCN4C(=O)O)cc13)-c1cc3c(c(=O)n1C2)COC(=O)C3(O)CC. The number of nitrogens with zero attached hydrogens (tertiary/aromatic N) is 6. The van der Waals surface area contributed by atoms with Crippen molar-refractivity contribution in [2.24, 2.45) is 5.92 Å². The van der Waals surface area contributed by atoms with Crippen molar-refractivity contribution in [2.75, 3.05) is 6.54 Å². The molecular weight excluding hydrogens is 831 g/mol. The topological polar surface area (TPSA) is 218 Å². The van der Waals surface area contributed by atoms with Gasteiger partial charge in [0.1, 0.15) is 18.1 Å². The van der Waals surface area contributed by atoms with Gasteiger partial charge in [-0.2, -0.15) is 5.10 Å². The van der Waals surface area contributed by atoms with Crippen molar-refractivity contribution in [2.45, 2.75) is 97.1 Å². The molecular formula is C49H49N7O9. The van der Waals surface area contributed by atoms with Gasteiger partial charge in [-0.1, -0.05) is 33.8 Å². The van der Waals surface area contributed by atoms with Crippen LogP contribution in [-0.2, 0) is 41.2 Å². The number of pyridine rings is 2. The molecule has 5 N–H and O–H groups in total. The number of aromatic hydroxyl groups is 2. The number of carbonyl (C=O) groups excluding carboxylic acids is 1. The fourth-order valence-electron chi connectivity index (χ4n) is 10.4. The second-order valence-electron chi connectivity index (χ2n) is 17.8. The molecule has 3 atom stereocenters. The van der Waals surface area contributed by atoms with E-state index in [9.17, 15) is 39.6 Å². The largest absolute Gasteiger partial charge is 0.508 e. The summed E-state index contributed by atoms with van der Waals surface area (Å²) in [5, 5.41) is 51.5. The average molecular weight is 880 g/mol. The molecule has 1 amide bonds. The van der Waals surface area contributed by atoms with E-state index in [1.165, 1.54) is 15.5 Å². The second kappa shape index (κ2) is 15.5. The van der Waals surface area contributed by atoms with Gasteiger partial charge < -0.3 is 39.2 Å². The lowest BCUT2D eigenvalue weighted by molar-refractivity contribution is -0.172. The molecule has 0 aliphatic carbocycles. The summed E-state index contributed by atoms with van der Waals surface area (Å²) in [6.07, 6.45) is 3.88. The molecule has 16 heteroatoms. The Morgan fingerprint density at radius 1 is 1.00 bits per heavy atom. The van der Waals surface area contributed by atoms with Crippen LogP contribution in [0.25, 0.3) is 50.3 Å². The Balaban J connectivity index is 0.913. The number of amides is 1. The number of hydrogen-bond donors (Lipinski definition) is 5. The van der Waals surface area contributed by atoms with Gasteiger partial charge in [-0.15, -0.1) is 0 Å². The van der Waals surface area contributed by atoms with E-state index in [-0.39, 0.29) is 71.5 Å². The van der Waals surface area contributed by atoms with E-state index in [4.69, 9.17) is 9.72 Å². The summed E-state index contributed by atoms with van der Waals surface area (Å²) in [4.78, 5) is 59.0. The molecule has 334 valence electrons. The summed E-state index contributed by atoms with van der Waals surface area (Å²) in [5.74, 6) is -0.599. The first kappa shape index (κ1) is 41.8. The number of aromatic nitrogens is 6. The first-order valence-electron chi connectivity index (χ1n) is 22.2. The summed E-state index contributed by atoms with van der Waals surface area (Å²) in [5.41, 5.74) is 4.93. The van der Waals surface area contributed by atoms with Gasteiger partial charge in [0.05, 0.1) is 46.3 Å². The first-order valence-corrected chi connectivity index (χ1v) is 22.2. The lowest BCUT2D eigenvalue weighted by Gasteiger charge is -2.38. The number of phenols is 2. The Bertz CT molecular complexity index is 3250. The van der Waals surface area contributed by atoms with Gasteiger partial charge in [-0.3, -0.25) is 4.79 Å². The van der Waals surface area contributed by atoms with Gasteiger partial charge in [0, 0.05) is 52.8 Å². The molecule has 0 spiro atoms. The van der Waals surface area contributed by atoms with Crippen molar-refractivity contribution < 1.29 is 34.8 Å². The maximum Gasteiger partial charge on any atom is 0.407 e. The number of nitrogens with one attached hydrogen (secondary N) is 1. The standard InChI is InChI=1S/C49H49N7O9/c1-5-30-32-19-27(7-9-37(32)50-43-34(30)23-55-40(43)21-36-35(45(55)59)24-65-46(60)49(36,64)6-2)39-17-26(12-16-54(39)48(62)63)11-14-53-15-13-28-18-29(8-10-38(28)53)56-44(51-52-47(56)61)33-20-31(25(3)4)41(57)22-42(33)58/h7-10,13,15,18-22,25-26,39,57-58,64H,5-6,11-12,14,16-17,23-24H2,1-4H3,(H,52,61)(H,62,63)/t26?,39-,49?/m0/s1. The Morgan fingerprint density at radius 2 is 1.82 bits per heavy atom. The second-order valence-corrected chi connectivity index (χ2v) is 17.8. The van der Waals surface area contributed by atoms with Gasteiger partial charge in [-0.05, 0) is 109 Å². The van der Waals surface area contributed by atoms with Gasteiger partial charge in [0.2, 0.25) is 0 Å². The van der Waals surface area contributed by atoms with Crippen molar-refractivity contribution in [3.05, 3.63) is 121 Å². The lowest BCUT2D eigenvalue weighted by atomic mass is 9.84. The number of carboxylic acid groups (broad SMARTS) is 1. The molecule has 4 aromatic heterocycles. The summed E-state index contributed by atoms with van der Waals surface area (Å²) in [6.45, 7) is 8.73. The zero-order valence-corrected chi connectivity index (χ0v) is 36.5. The number of benzene rings is 3. The average Bonchev–Trinajstić information content (AvgIpc) is 4.00. The summed E-state index contributed by atoms with van der Waals surface area (Å²) in [7, 11) is 0. The highest BCUT2D eigenvalue weighted by molar-refractivity contribution is 5.90. The molecule has 16 nitrogen and oxygen atoms in total. The van der Waals surface area contributed by atoms with Crippen LogP contribution in [0.15, 0.2) is 76.4 Å². The van der Waals surface area contributed by atoms with Crippen molar-refractivity contribution in [1.29, 1.82) is 0 Å².